The number of aromatic nitrogens is 2. The number of hydrogen-bond acceptors (Lipinski definition) is 4. The van der Waals surface area contributed by atoms with Gasteiger partial charge in [-0.15, -0.1) is 0 Å². The summed E-state index contributed by atoms with van der Waals surface area (Å²) < 4.78 is 5.38. The van der Waals surface area contributed by atoms with Gasteiger partial charge < -0.3 is 4.74 Å². The summed E-state index contributed by atoms with van der Waals surface area (Å²) >= 11 is 0. The normalized spacial score (nSPS) is 11.7. The number of aryl methyl sites for hydroxylation is 1. The van der Waals surface area contributed by atoms with Gasteiger partial charge in [0.25, 0.3) is 0 Å². The molecule has 0 saturated carbocycles. The van der Waals surface area contributed by atoms with Crippen molar-refractivity contribution >= 4 is 0 Å². The monoisotopic (exact) mass is 267 g/mol. The number of rotatable bonds is 4. The molecular weight excluding hydrogens is 250 g/mol. The summed E-state index contributed by atoms with van der Waals surface area (Å²) in [6, 6.07) is 10.0. The van der Waals surface area contributed by atoms with Crippen molar-refractivity contribution in [2.24, 2.45) is 0 Å². The third kappa shape index (κ3) is 2.77. The first-order chi connectivity index (χ1) is 9.69. The van der Waals surface area contributed by atoms with Crippen LogP contribution in [0.2, 0.25) is 0 Å². The van der Waals surface area contributed by atoms with E-state index >= 15 is 0 Å². The Kier molecular flexibility index (Phi) is 4.31. The van der Waals surface area contributed by atoms with Gasteiger partial charge in [0.1, 0.15) is 17.5 Å². The zero-order chi connectivity index (χ0) is 14.5. The minimum absolute atomic E-state index is 0.272. The van der Waals surface area contributed by atoms with Crippen LogP contribution in [0.5, 0.6) is 5.75 Å². The van der Waals surface area contributed by atoms with Gasteiger partial charge in [-0.1, -0.05) is 18.6 Å². The molecule has 20 heavy (non-hydrogen) atoms. The molecule has 0 bridgehead atoms. The fraction of sp³-hybridized carbons (Fsp3) is 0.312. The zero-order valence-corrected chi connectivity index (χ0v) is 11.9. The van der Waals surface area contributed by atoms with Gasteiger partial charge in [-0.2, -0.15) is 5.26 Å². The molecule has 0 spiro atoms. The van der Waals surface area contributed by atoms with Crippen molar-refractivity contribution < 1.29 is 4.74 Å². The van der Waals surface area contributed by atoms with Gasteiger partial charge >= 0.3 is 0 Å². The molecule has 4 nitrogen and oxygen atoms in total. The van der Waals surface area contributed by atoms with Crippen molar-refractivity contribution in [1.29, 1.82) is 5.26 Å². The molecule has 1 heterocycles. The van der Waals surface area contributed by atoms with Gasteiger partial charge in [0, 0.05) is 11.8 Å². The van der Waals surface area contributed by atoms with Crippen LogP contribution in [0.3, 0.4) is 0 Å². The molecule has 0 amide bonds. The summed E-state index contributed by atoms with van der Waals surface area (Å²) in [5.74, 6) is 1.06. The summed E-state index contributed by atoms with van der Waals surface area (Å²) in [5.41, 5.74) is 2.83. The standard InChI is InChI=1S/C16H17N3O/c1-4-12(10-17)16-18-8-7-14(19-16)13-9-11(2)5-6-15(13)20-3/h5-9,12H,4H2,1-3H3. The SMILES string of the molecule is CCC(C#N)c1nccc(-c2cc(C)ccc2OC)n1. The Labute approximate surface area is 119 Å². The lowest BCUT2D eigenvalue weighted by molar-refractivity contribution is 0.416. The third-order valence-corrected chi connectivity index (χ3v) is 3.18. The molecule has 1 unspecified atom stereocenters. The molecular formula is C16H17N3O. The lowest BCUT2D eigenvalue weighted by Crippen LogP contribution is -2.02. The van der Waals surface area contributed by atoms with Gasteiger partial charge in [0.2, 0.25) is 0 Å². The fourth-order valence-corrected chi connectivity index (χ4v) is 2.05. The van der Waals surface area contributed by atoms with Crippen LogP contribution in [0.4, 0.5) is 0 Å². The van der Waals surface area contributed by atoms with E-state index in [1.807, 2.05) is 38.1 Å². The van der Waals surface area contributed by atoms with E-state index < -0.39 is 0 Å². The number of nitriles is 1. The molecule has 1 aromatic carbocycles. The molecule has 1 atom stereocenters. The van der Waals surface area contributed by atoms with Crippen molar-refractivity contribution in [2.45, 2.75) is 26.2 Å². The lowest BCUT2D eigenvalue weighted by Gasteiger charge is -2.11. The Balaban J connectivity index is 2.51. The molecule has 0 aliphatic carbocycles. The van der Waals surface area contributed by atoms with E-state index in [0.29, 0.717) is 12.2 Å². The van der Waals surface area contributed by atoms with E-state index in [0.717, 1.165) is 22.6 Å². The smallest absolute Gasteiger partial charge is 0.146 e. The van der Waals surface area contributed by atoms with Gasteiger partial charge in [-0.25, -0.2) is 9.97 Å². The average Bonchev–Trinajstić information content (AvgIpc) is 2.49. The van der Waals surface area contributed by atoms with Crippen molar-refractivity contribution in [3.05, 3.63) is 41.9 Å². The summed E-state index contributed by atoms with van der Waals surface area (Å²) in [6.45, 7) is 3.98. The summed E-state index contributed by atoms with van der Waals surface area (Å²) in [4.78, 5) is 8.73. The minimum Gasteiger partial charge on any atom is -0.496 e. The van der Waals surface area contributed by atoms with E-state index in [1.54, 1.807) is 13.3 Å². The molecule has 0 radical (unpaired) electrons. The molecule has 0 N–H and O–H groups in total. The van der Waals surface area contributed by atoms with E-state index in [-0.39, 0.29) is 5.92 Å². The second kappa shape index (κ2) is 6.16. The molecule has 2 aromatic rings. The number of hydrogen-bond donors (Lipinski definition) is 0. The van der Waals surface area contributed by atoms with Crippen LogP contribution in [0.1, 0.15) is 30.7 Å². The molecule has 4 heteroatoms. The van der Waals surface area contributed by atoms with Crippen molar-refractivity contribution in [3.8, 4) is 23.1 Å². The molecule has 0 aliphatic heterocycles. The van der Waals surface area contributed by atoms with Gasteiger partial charge in [0.05, 0.1) is 18.9 Å². The number of methoxy groups -OCH3 is 1. The van der Waals surface area contributed by atoms with Crippen LogP contribution < -0.4 is 4.74 Å². The molecule has 0 fully saturated rings. The maximum Gasteiger partial charge on any atom is 0.146 e. The highest BCUT2D eigenvalue weighted by molar-refractivity contribution is 5.67. The van der Waals surface area contributed by atoms with E-state index in [1.165, 1.54) is 0 Å². The Morgan fingerprint density at radius 2 is 2.15 bits per heavy atom. The zero-order valence-electron chi connectivity index (χ0n) is 11.9. The van der Waals surface area contributed by atoms with Crippen LogP contribution in [-0.4, -0.2) is 17.1 Å². The summed E-state index contributed by atoms with van der Waals surface area (Å²) in [7, 11) is 1.64. The highest BCUT2D eigenvalue weighted by atomic mass is 16.5. The molecule has 1 aromatic heterocycles. The van der Waals surface area contributed by atoms with E-state index in [2.05, 4.69) is 16.0 Å². The van der Waals surface area contributed by atoms with Crippen molar-refractivity contribution in [3.63, 3.8) is 0 Å². The summed E-state index contributed by atoms with van der Waals surface area (Å²) in [5, 5.41) is 9.13. The Bertz CT molecular complexity index is 646. The fourth-order valence-electron chi connectivity index (χ4n) is 2.05. The maximum absolute atomic E-state index is 9.13. The van der Waals surface area contributed by atoms with Crippen LogP contribution in [-0.2, 0) is 0 Å². The predicted molar refractivity (Wildman–Crippen MR) is 77.4 cm³/mol. The third-order valence-electron chi connectivity index (χ3n) is 3.18. The topological polar surface area (TPSA) is 58.8 Å². The van der Waals surface area contributed by atoms with Crippen molar-refractivity contribution in [2.75, 3.05) is 7.11 Å². The quantitative estimate of drug-likeness (QED) is 0.851. The van der Waals surface area contributed by atoms with Crippen LogP contribution in [0.25, 0.3) is 11.3 Å². The second-order valence-corrected chi connectivity index (χ2v) is 4.59. The second-order valence-electron chi connectivity index (χ2n) is 4.59. The first-order valence-corrected chi connectivity index (χ1v) is 6.57. The highest BCUT2D eigenvalue weighted by Crippen LogP contribution is 2.30. The van der Waals surface area contributed by atoms with Gasteiger partial charge in [0.15, 0.2) is 0 Å². The van der Waals surface area contributed by atoms with Gasteiger partial charge in [-0.3, -0.25) is 0 Å². The summed E-state index contributed by atoms with van der Waals surface area (Å²) in [6.07, 6.45) is 2.39. The number of benzene rings is 1. The number of ether oxygens (including phenoxy) is 1. The van der Waals surface area contributed by atoms with Crippen LogP contribution >= 0.6 is 0 Å². The molecule has 102 valence electrons. The largest absolute Gasteiger partial charge is 0.496 e. The van der Waals surface area contributed by atoms with Crippen molar-refractivity contribution in [1.82, 2.24) is 9.97 Å². The first kappa shape index (κ1) is 14.0. The maximum atomic E-state index is 9.13. The Hall–Kier alpha value is -2.41. The first-order valence-electron chi connectivity index (χ1n) is 6.57. The Morgan fingerprint density at radius 1 is 1.35 bits per heavy atom. The molecule has 0 aliphatic rings. The minimum atomic E-state index is -0.272. The van der Waals surface area contributed by atoms with E-state index in [9.17, 15) is 0 Å². The van der Waals surface area contributed by atoms with Crippen LogP contribution in [0.15, 0.2) is 30.5 Å². The predicted octanol–water partition coefficient (Wildman–Crippen LogP) is 3.48. The van der Waals surface area contributed by atoms with Crippen LogP contribution in [0, 0.1) is 18.3 Å². The molecule has 2 rings (SSSR count). The van der Waals surface area contributed by atoms with Gasteiger partial charge in [-0.05, 0) is 31.5 Å². The van der Waals surface area contributed by atoms with E-state index in [4.69, 9.17) is 10.00 Å². The molecule has 0 saturated heterocycles. The highest BCUT2D eigenvalue weighted by Gasteiger charge is 2.14. The average molecular weight is 267 g/mol. The lowest BCUT2D eigenvalue weighted by atomic mass is 10.1. The Morgan fingerprint density at radius 3 is 2.80 bits per heavy atom. The number of nitrogens with zero attached hydrogens (tertiary/aromatic N) is 3.